The number of likely N-dealkylation sites (N-methyl/N-ethyl adjacent to an activating group) is 1. The quantitative estimate of drug-likeness (QED) is 0.801. The summed E-state index contributed by atoms with van der Waals surface area (Å²) in [5.74, 6) is 0.934. The maximum absolute atomic E-state index is 12.7. The molecule has 0 aromatic carbocycles. The molecule has 1 unspecified atom stereocenters. The Balaban J connectivity index is 1.57. The molecule has 2 aromatic heterocycles. The van der Waals surface area contributed by atoms with E-state index in [0.717, 1.165) is 54.8 Å². The zero-order valence-electron chi connectivity index (χ0n) is 14.8. The van der Waals surface area contributed by atoms with E-state index in [0.29, 0.717) is 0 Å². The average Bonchev–Trinajstić information content (AvgIpc) is 3.25. The van der Waals surface area contributed by atoms with Crippen molar-refractivity contribution in [1.82, 2.24) is 19.6 Å². The predicted molar refractivity (Wildman–Crippen MR) is 103 cm³/mol. The first-order valence-corrected chi connectivity index (χ1v) is 11.6. The average molecular weight is 394 g/mol. The van der Waals surface area contributed by atoms with Crippen LogP contribution in [-0.2, 0) is 22.9 Å². The summed E-state index contributed by atoms with van der Waals surface area (Å²) in [5, 5.41) is 8.02. The van der Waals surface area contributed by atoms with Gasteiger partial charge in [-0.1, -0.05) is 0 Å². The summed E-state index contributed by atoms with van der Waals surface area (Å²) >= 11 is 1.76. The van der Waals surface area contributed by atoms with Gasteiger partial charge in [0.1, 0.15) is 17.0 Å². The minimum Gasteiger partial charge on any atom is -0.364 e. The Bertz CT molecular complexity index is 965. The number of aromatic nitrogens is 2. The zero-order valence-corrected chi connectivity index (χ0v) is 16.4. The molecule has 3 aliphatic rings. The van der Waals surface area contributed by atoms with E-state index in [2.05, 4.69) is 20.6 Å². The molecule has 1 spiro atoms. The molecule has 2 fully saturated rings. The van der Waals surface area contributed by atoms with E-state index in [1.807, 2.05) is 0 Å². The fraction of sp³-hybridized carbons (Fsp3) is 0.647. The molecular formula is C17H23N5O2S2. The summed E-state index contributed by atoms with van der Waals surface area (Å²) in [6.45, 7) is 1.68. The SMILES string of the molecule is CN1C2(CCNCC2)C(Nc2ncnc3sc4c(c23)CCC4)CS1(=O)=O. The Kier molecular flexibility index (Phi) is 3.79. The predicted octanol–water partition coefficient (Wildman–Crippen LogP) is 1.36. The summed E-state index contributed by atoms with van der Waals surface area (Å²) < 4.78 is 27.0. The van der Waals surface area contributed by atoms with Gasteiger partial charge in [0, 0.05) is 11.9 Å². The number of piperidine rings is 1. The summed E-state index contributed by atoms with van der Waals surface area (Å²) in [6.07, 6.45) is 6.59. The van der Waals surface area contributed by atoms with Gasteiger partial charge in [-0.25, -0.2) is 18.4 Å². The third kappa shape index (κ3) is 2.33. The lowest BCUT2D eigenvalue weighted by Crippen LogP contribution is -2.57. The van der Waals surface area contributed by atoms with Crippen molar-refractivity contribution in [3.8, 4) is 0 Å². The molecule has 1 aliphatic carbocycles. The van der Waals surface area contributed by atoms with Crippen LogP contribution in [0.25, 0.3) is 10.2 Å². The van der Waals surface area contributed by atoms with Crippen LogP contribution in [-0.4, -0.2) is 60.2 Å². The summed E-state index contributed by atoms with van der Waals surface area (Å²) in [4.78, 5) is 11.4. The number of anilines is 1. The Morgan fingerprint density at radius 2 is 2.12 bits per heavy atom. The molecule has 4 heterocycles. The van der Waals surface area contributed by atoms with Gasteiger partial charge in [0.15, 0.2) is 0 Å². The first-order valence-electron chi connectivity index (χ1n) is 9.20. The largest absolute Gasteiger partial charge is 0.364 e. The normalized spacial score (nSPS) is 27.2. The van der Waals surface area contributed by atoms with Gasteiger partial charge in [-0.05, 0) is 50.8 Å². The second-order valence-electron chi connectivity index (χ2n) is 7.56. The van der Waals surface area contributed by atoms with Gasteiger partial charge < -0.3 is 10.6 Å². The van der Waals surface area contributed by atoms with Crippen molar-refractivity contribution in [2.24, 2.45) is 0 Å². The van der Waals surface area contributed by atoms with Crippen molar-refractivity contribution in [3.05, 3.63) is 16.8 Å². The van der Waals surface area contributed by atoms with Crippen LogP contribution in [0.1, 0.15) is 29.7 Å². The minimum atomic E-state index is -3.25. The molecule has 9 heteroatoms. The molecule has 2 N–H and O–H groups in total. The van der Waals surface area contributed by atoms with Crippen LogP contribution >= 0.6 is 11.3 Å². The van der Waals surface area contributed by atoms with Crippen molar-refractivity contribution in [3.63, 3.8) is 0 Å². The molecular weight excluding hydrogens is 370 g/mol. The van der Waals surface area contributed by atoms with Gasteiger partial charge >= 0.3 is 0 Å². The minimum absolute atomic E-state index is 0.126. The van der Waals surface area contributed by atoms with Crippen LogP contribution in [0.2, 0.25) is 0 Å². The smallest absolute Gasteiger partial charge is 0.216 e. The van der Waals surface area contributed by atoms with Crippen LogP contribution in [0.3, 0.4) is 0 Å². The molecule has 5 rings (SSSR count). The molecule has 0 radical (unpaired) electrons. The highest BCUT2D eigenvalue weighted by Crippen LogP contribution is 2.42. The third-order valence-corrected chi connectivity index (χ3v) is 9.50. The number of nitrogens with zero attached hydrogens (tertiary/aromatic N) is 3. The van der Waals surface area contributed by atoms with Gasteiger partial charge in [-0.3, -0.25) is 0 Å². The van der Waals surface area contributed by atoms with E-state index in [4.69, 9.17) is 0 Å². The molecule has 0 amide bonds. The lowest BCUT2D eigenvalue weighted by Gasteiger charge is -2.42. The molecule has 140 valence electrons. The van der Waals surface area contributed by atoms with E-state index in [-0.39, 0.29) is 17.3 Å². The highest BCUT2D eigenvalue weighted by Gasteiger charge is 2.55. The zero-order chi connectivity index (χ0) is 17.9. The molecule has 2 saturated heterocycles. The number of sulfonamides is 1. The van der Waals surface area contributed by atoms with Gasteiger partial charge in [0.05, 0.1) is 22.7 Å². The molecule has 2 aliphatic heterocycles. The molecule has 0 saturated carbocycles. The first-order chi connectivity index (χ1) is 12.5. The summed E-state index contributed by atoms with van der Waals surface area (Å²) in [6, 6.07) is -0.158. The monoisotopic (exact) mass is 393 g/mol. The molecule has 0 bridgehead atoms. The maximum Gasteiger partial charge on any atom is 0.216 e. The van der Waals surface area contributed by atoms with Crippen LogP contribution < -0.4 is 10.6 Å². The van der Waals surface area contributed by atoms with Gasteiger partial charge in [-0.15, -0.1) is 11.3 Å². The Hall–Kier alpha value is -1.29. The number of hydrogen-bond donors (Lipinski definition) is 2. The van der Waals surface area contributed by atoms with Crippen molar-refractivity contribution < 1.29 is 8.42 Å². The van der Waals surface area contributed by atoms with E-state index in [9.17, 15) is 8.42 Å². The second-order valence-corrected chi connectivity index (χ2v) is 10.7. The summed E-state index contributed by atoms with van der Waals surface area (Å²) in [5.41, 5.74) is 0.988. The van der Waals surface area contributed by atoms with Crippen LogP contribution in [0, 0.1) is 0 Å². The highest BCUT2D eigenvalue weighted by atomic mass is 32.2. The lowest BCUT2D eigenvalue weighted by molar-refractivity contribution is 0.163. The number of thiophene rings is 1. The van der Waals surface area contributed by atoms with Crippen molar-refractivity contribution >= 4 is 37.4 Å². The van der Waals surface area contributed by atoms with Crippen LogP contribution in [0.15, 0.2) is 6.33 Å². The number of nitrogens with one attached hydrogen (secondary N) is 2. The number of fused-ring (bicyclic) bond motifs is 3. The number of aryl methyl sites for hydroxylation is 2. The Labute approximate surface area is 157 Å². The molecule has 1 atom stereocenters. The topological polar surface area (TPSA) is 87.2 Å². The van der Waals surface area contributed by atoms with Gasteiger partial charge in [0.25, 0.3) is 0 Å². The highest BCUT2D eigenvalue weighted by molar-refractivity contribution is 7.89. The summed E-state index contributed by atoms with van der Waals surface area (Å²) in [7, 11) is -1.52. The number of rotatable bonds is 2. The van der Waals surface area contributed by atoms with E-state index in [1.54, 1.807) is 29.0 Å². The van der Waals surface area contributed by atoms with Crippen LogP contribution in [0.5, 0.6) is 0 Å². The van der Waals surface area contributed by atoms with Crippen molar-refractivity contribution in [2.75, 3.05) is 31.2 Å². The fourth-order valence-electron chi connectivity index (χ4n) is 4.88. The third-order valence-electron chi connectivity index (χ3n) is 6.35. The van der Waals surface area contributed by atoms with E-state index in [1.165, 1.54) is 16.9 Å². The van der Waals surface area contributed by atoms with Crippen molar-refractivity contribution in [1.29, 1.82) is 0 Å². The standard InChI is InChI=1S/C17H23N5O2S2/c1-22-17(5-7-18-8-6-17)13(9-26(22,23)24)21-15-14-11-3-2-4-12(11)25-16(14)20-10-19-15/h10,13,18H,2-9H2,1H3,(H,19,20,21). The molecule has 7 nitrogen and oxygen atoms in total. The Morgan fingerprint density at radius 1 is 1.31 bits per heavy atom. The molecule has 2 aromatic rings. The van der Waals surface area contributed by atoms with E-state index >= 15 is 0 Å². The second kappa shape index (κ2) is 5.85. The van der Waals surface area contributed by atoms with Crippen LogP contribution in [0.4, 0.5) is 5.82 Å². The van der Waals surface area contributed by atoms with E-state index < -0.39 is 10.0 Å². The Morgan fingerprint density at radius 3 is 2.92 bits per heavy atom. The lowest BCUT2D eigenvalue weighted by atomic mass is 9.82. The molecule has 26 heavy (non-hydrogen) atoms. The number of hydrogen-bond acceptors (Lipinski definition) is 7. The van der Waals surface area contributed by atoms with Gasteiger partial charge in [-0.2, -0.15) is 4.31 Å². The first kappa shape index (κ1) is 16.9. The van der Waals surface area contributed by atoms with Crippen molar-refractivity contribution in [2.45, 2.75) is 43.7 Å². The maximum atomic E-state index is 12.7. The fourth-order valence-corrected chi connectivity index (χ4v) is 8.01. The van der Waals surface area contributed by atoms with Gasteiger partial charge in [0.2, 0.25) is 10.0 Å².